The van der Waals surface area contributed by atoms with Crippen LogP contribution in [0.3, 0.4) is 0 Å². The molecule has 0 unspecified atom stereocenters. The lowest BCUT2D eigenvalue weighted by molar-refractivity contribution is -0.143. The first-order valence-electron chi connectivity index (χ1n) is 6.80. The number of hydrogen-bond acceptors (Lipinski definition) is 5. The molecule has 0 atom stereocenters. The van der Waals surface area contributed by atoms with Gasteiger partial charge in [0.2, 0.25) is 6.29 Å². The number of nitrogens with zero attached hydrogens (tertiary/aromatic N) is 1. The molecule has 0 spiro atoms. The molecule has 6 nitrogen and oxygen atoms in total. The first-order valence-corrected chi connectivity index (χ1v) is 6.80. The Balaban J connectivity index is 2.14. The van der Waals surface area contributed by atoms with E-state index < -0.39 is 6.29 Å². The highest BCUT2D eigenvalue weighted by molar-refractivity contribution is 6.04. The molecule has 0 bridgehead atoms. The van der Waals surface area contributed by atoms with E-state index in [4.69, 9.17) is 14.0 Å². The quantitative estimate of drug-likeness (QED) is 0.793. The zero-order chi connectivity index (χ0) is 15.1. The summed E-state index contributed by atoms with van der Waals surface area (Å²) in [6.07, 6.45) is 0.700. The van der Waals surface area contributed by atoms with E-state index in [0.29, 0.717) is 30.2 Å². The maximum atomic E-state index is 12.1. The minimum Gasteiger partial charge on any atom is -0.362 e. The van der Waals surface area contributed by atoms with E-state index >= 15 is 0 Å². The van der Waals surface area contributed by atoms with Gasteiger partial charge >= 0.3 is 0 Å². The van der Waals surface area contributed by atoms with E-state index in [9.17, 15) is 4.79 Å². The Morgan fingerprint density at radius 3 is 2.52 bits per heavy atom. The average molecular weight is 290 g/mol. The smallest absolute Gasteiger partial charge is 0.255 e. The van der Waals surface area contributed by atoms with Crippen LogP contribution in [0.15, 0.2) is 41.1 Å². The molecule has 2 aromatic rings. The van der Waals surface area contributed by atoms with Crippen LogP contribution in [-0.4, -0.2) is 24.3 Å². The molecule has 0 saturated carbocycles. The molecule has 6 heteroatoms. The highest BCUT2D eigenvalue weighted by atomic mass is 16.7. The van der Waals surface area contributed by atoms with E-state index in [1.165, 1.54) is 6.26 Å². The van der Waals surface area contributed by atoms with Gasteiger partial charge in [-0.15, -0.1) is 0 Å². The first kappa shape index (κ1) is 15.2. The third-order valence-electron chi connectivity index (χ3n) is 2.74. The van der Waals surface area contributed by atoms with Crippen molar-refractivity contribution in [2.24, 2.45) is 0 Å². The van der Waals surface area contributed by atoms with Gasteiger partial charge in [-0.3, -0.25) is 4.79 Å². The third-order valence-corrected chi connectivity index (χ3v) is 2.74. The molecule has 1 N–H and O–H groups in total. The van der Waals surface area contributed by atoms with Gasteiger partial charge in [0.15, 0.2) is 5.69 Å². The molecule has 0 saturated heterocycles. The SMILES string of the molecule is CCOC(OCC)c1nocc1NC(=O)c1ccccc1. The molecule has 1 aromatic heterocycles. The third kappa shape index (κ3) is 3.90. The summed E-state index contributed by atoms with van der Waals surface area (Å²) in [5, 5.41) is 6.61. The van der Waals surface area contributed by atoms with Crippen LogP contribution in [0.5, 0.6) is 0 Å². The van der Waals surface area contributed by atoms with Crippen molar-refractivity contribution in [2.45, 2.75) is 20.1 Å². The van der Waals surface area contributed by atoms with E-state index in [0.717, 1.165) is 0 Å². The summed E-state index contributed by atoms with van der Waals surface area (Å²) in [5.41, 5.74) is 1.41. The van der Waals surface area contributed by atoms with Crippen LogP contribution < -0.4 is 5.32 Å². The van der Waals surface area contributed by atoms with Gasteiger partial charge in [-0.2, -0.15) is 0 Å². The van der Waals surface area contributed by atoms with Gasteiger partial charge in [0.05, 0.1) is 0 Å². The molecule has 21 heavy (non-hydrogen) atoms. The molecule has 0 aliphatic heterocycles. The number of carbonyl (C=O) groups excluding carboxylic acids is 1. The van der Waals surface area contributed by atoms with Gasteiger partial charge in [0.1, 0.15) is 12.0 Å². The number of anilines is 1. The predicted molar refractivity (Wildman–Crippen MR) is 76.9 cm³/mol. The van der Waals surface area contributed by atoms with Crippen molar-refractivity contribution < 1.29 is 18.8 Å². The second-order valence-electron chi connectivity index (χ2n) is 4.18. The Hall–Kier alpha value is -2.18. The highest BCUT2D eigenvalue weighted by Crippen LogP contribution is 2.25. The summed E-state index contributed by atoms with van der Waals surface area (Å²) in [6.45, 7) is 4.63. The fourth-order valence-electron chi connectivity index (χ4n) is 1.80. The molecule has 0 radical (unpaired) electrons. The van der Waals surface area contributed by atoms with Crippen LogP contribution in [0.25, 0.3) is 0 Å². The lowest BCUT2D eigenvalue weighted by Crippen LogP contribution is -2.16. The fraction of sp³-hybridized carbons (Fsp3) is 0.333. The van der Waals surface area contributed by atoms with Crippen molar-refractivity contribution in [1.82, 2.24) is 5.16 Å². The van der Waals surface area contributed by atoms with Crippen LogP contribution in [0.1, 0.15) is 36.2 Å². The number of hydrogen-bond donors (Lipinski definition) is 1. The number of aromatic nitrogens is 1. The van der Waals surface area contributed by atoms with Gasteiger partial charge in [-0.25, -0.2) is 0 Å². The molecule has 112 valence electrons. The van der Waals surface area contributed by atoms with Crippen molar-refractivity contribution in [2.75, 3.05) is 18.5 Å². The number of benzene rings is 1. The second-order valence-corrected chi connectivity index (χ2v) is 4.18. The van der Waals surface area contributed by atoms with Crippen molar-refractivity contribution in [3.05, 3.63) is 47.9 Å². The molecule has 0 aliphatic carbocycles. The fourth-order valence-corrected chi connectivity index (χ4v) is 1.80. The number of carbonyl (C=O) groups is 1. The summed E-state index contributed by atoms with van der Waals surface area (Å²) < 4.78 is 15.8. The zero-order valence-corrected chi connectivity index (χ0v) is 12.0. The first-order chi connectivity index (χ1) is 10.3. The Bertz CT molecular complexity index is 562. The van der Waals surface area contributed by atoms with Crippen molar-refractivity contribution >= 4 is 11.6 Å². The van der Waals surface area contributed by atoms with Crippen LogP contribution in [0, 0.1) is 0 Å². The Morgan fingerprint density at radius 2 is 1.90 bits per heavy atom. The largest absolute Gasteiger partial charge is 0.362 e. The van der Waals surface area contributed by atoms with Gasteiger partial charge in [0, 0.05) is 18.8 Å². The van der Waals surface area contributed by atoms with Gasteiger partial charge < -0.3 is 19.3 Å². The van der Waals surface area contributed by atoms with Gasteiger partial charge in [0.25, 0.3) is 5.91 Å². The molecule has 1 heterocycles. The minimum atomic E-state index is -0.662. The maximum Gasteiger partial charge on any atom is 0.255 e. The summed E-state index contributed by atoms with van der Waals surface area (Å²) in [5.74, 6) is -0.244. The topological polar surface area (TPSA) is 73.6 Å². The van der Waals surface area contributed by atoms with Gasteiger partial charge in [-0.05, 0) is 26.0 Å². The van der Waals surface area contributed by atoms with E-state index in [2.05, 4.69) is 10.5 Å². The van der Waals surface area contributed by atoms with E-state index in [1.807, 2.05) is 19.9 Å². The summed E-state index contributed by atoms with van der Waals surface area (Å²) in [4.78, 5) is 12.1. The Labute approximate surface area is 123 Å². The normalized spacial score (nSPS) is 10.8. The molecular formula is C15H18N2O4. The number of amides is 1. The maximum absolute atomic E-state index is 12.1. The second kappa shape index (κ2) is 7.56. The van der Waals surface area contributed by atoms with Crippen LogP contribution in [-0.2, 0) is 9.47 Å². The minimum absolute atomic E-state index is 0.244. The highest BCUT2D eigenvalue weighted by Gasteiger charge is 2.22. The molecule has 1 amide bonds. The standard InChI is InChI=1S/C15H18N2O4/c1-3-19-15(20-4-2)13-12(10-21-17-13)16-14(18)11-8-6-5-7-9-11/h5-10,15H,3-4H2,1-2H3,(H,16,18). The summed E-state index contributed by atoms with van der Waals surface area (Å²) in [6, 6.07) is 8.90. The summed E-state index contributed by atoms with van der Waals surface area (Å²) in [7, 11) is 0. The zero-order valence-electron chi connectivity index (χ0n) is 12.0. The van der Waals surface area contributed by atoms with Gasteiger partial charge in [-0.1, -0.05) is 23.4 Å². The van der Waals surface area contributed by atoms with E-state index in [1.54, 1.807) is 24.3 Å². The molecular weight excluding hydrogens is 272 g/mol. The Morgan fingerprint density at radius 1 is 1.24 bits per heavy atom. The van der Waals surface area contributed by atoms with E-state index in [-0.39, 0.29) is 5.91 Å². The summed E-state index contributed by atoms with van der Waals surface area (Å²) >= 11 is 0. The molecule has 1 aromatic carbocycles. The predicted octanol–water partition coefficient (Wildman–Crippen LogP) is 3.00. The van der Waals surface area contributed by atoms with Crippen molar-refractivity contribution in [3.8, 4) is 0 Å². The number of nitrogens with one attached hydrogen (secondary N) is 1. The monoisotopic (exact) mass is 290 g/mol. The van der Waals surface area contributed by atoms with Crippen LogP contribution in [0.4, 0.5) is 5.69 Å². The lowest BCUT2D eigenvalue weighted by atomic mass is 10.2. The molecule has 0 aliphatic rings. The van der Waals surface area contributed by atoms with Crippen LogP contribution >= 0.6 is 0 Å². The molecule has 0 fully saturated rings. The molecule has 2 rings (SSSR count). The van der Waals surface area contributed by atoms with Crippen LogP contribution in [0.2, 0.25) is 0 Å². The van der Waals surface area contributed by atoms with Crippen molar-refractivity contribution in [3.63, 3.8) is 0 Å². The number of ether oxygens (including phenoxy) is 2. The lowest BCUT2D eigenvalue weighted by Gasteiger charge is -2.15. The Kier molecular flexibility index (Phi) is 5.48. The van der Waals surface area contributed by atoms with Crippen molar-refractivity contribution in [1.29, 1.82) is 0 Å². The number of rotatable bonds is 7. The average Bonchev–Trinajstić information content (AvgIpc) is 2.96.